The van der Waals surface area contributed by atoms with Gasteiger partial charge in [0.1, 0.15) is 17.0 Å². The lowest BCUT2D eigenvalue weighted by molar-refractivity contribution is -0.125. The Morgan fingerprint density at radius 2 is 2.03 bits per heavy atom. The third-order valence-corrected chi connectivity index (χ3v) is 6.96. The summed E-state index contributed by atoms with van der Waals surface area (Å²) in [6.07, 6.45) is 1.81. The predicted octanol–water partition coefficient (Wildman–Crippen LogP) is 1.61. The van der Waals surface area contributed by atoms with E-state index in [1.165, 1.54) is 12.0 Å². The summed E-state index contributed by atoms with van der Waals surface area (Å²) >= 11 is 0. The van der Waals surface area contributed by atoms with Crippen molar-refractivity contribution < 1.29 is 23.5 Å². The summed E-state index contributed by atoms with van der Waals surface area (Å²) in [7, 11) is 5.29. The van der Waals surface area contributed by atoms with E-state index in [2.05, 4.69) is 20.6 Å². The first kappa shape index (κ1) is 23.6. The SMILES string of the molecule is COc1ccc2c(c1)C(=O)N(C[C@@]1(c3cc4nc(C5C=NC(N(C)C)=NC5)ccc4o3)NC(=O)NC1=O)C2. The molecule has 3 aromatic rings. The van der Waals surface area contributed by atoms with Gasteiger partial charge in [0.25, 0.3) is 11.8 Å². The summed E-state index contributed by atoms with van der Waals surface area (Å²) in [5.74, 6) is 0.419. The van der Waals surface area contributed by atoms with E-state index in [0.29, 0.717) is 34.9 Å². The standard InChI is InChI=1S/C26H25N7O5/c1-32(2)24-27-10-15(11-28-24)18-6-7-20-19(29-18)9-21(38-20)26(23(35)30-25(36)31-26)13-33-12-14-4-5-16(37-3)8-17(14)22(33)34/h4-10,15H,11-13H2,1-3H3,(H2,30,31,35,36)/t15?,26-/m0/s1. The molecule has 2 atom stereocenters. The summed E-state index contributed by atoms with van der Waals surface area (Å²) in [5, 5.41) is 4.99. The van der Waals surface area contributed by atoms with Gasteiger partial charge < -0.3 is 24.3 Å². The van der Waals surface area contributed by atoms with Gasteiger partial charge in [-0.25, -0.2) is 14.8 Å². The van der Waals surface area contributed by atoms with Gasteiger partial charge in [-0.2, -0.15) is 0 Å². The van der Waals surface area contributed by atoms with Crippen LogP contribution in [0.5, 0.6) is 5.75 Å². The van der Waals surface area contributed by atoms with Crippen molar-refractivity contribution in [3.05, 3.63) is 59.0 Å². The third-order valence-electron chi connectivity index (χ3n) is 6.96. The summed E-state index contributed by atoms with van der Waals surface area (Å²) in [4.78, 5) is 55.7. The fourth-order valence-electron chi connectivity index (χ4n) is 4.94. The highest BCUT2D eigenvalue weighted by Crippen LogP contribution is 2.35. The molecule has 5 heterocycles. The van der Waals surface area contributed by atoms with Crippen molar-refractivity contribution in [2.45, 2.75) is 18.0 Å². The molecule has 2 aromatic heterocycles. The van der Waals surface area contributed by atoms with E-state index in [1.54, 1.807) is 24.3 Å². The van der Waals surface area contributed by atoms with E-state index in [4.69, 9.17) is 14.1 Å². The number of hydrogen-bond acceptors (Lipinski definition) is 9. The van der Waals surface area contributed by atoms with E-state index < -0.39 is 17.5 Å². The number of amides is 4. The number of guanidine groups is 1. The van der Waals surface area contributed by atoms with Gasteiger partial charge in [-0.1, -0.05) is 6.07 Å². The molecule has 0 spiro atoms. The summed E-state index contributed by atoms with van der Waals surface area (Å²) < 4.78 is 11.3. The largest absolute Gasteiger partial charge is 0.497 e. The third kappa shape index (κ3) is 3.76. The molecule has 1 aromatic carbocycles. The number of aromatic nitrogens is 1. The van der Waals surface area contributed by atoms with Crippen molar-refractivity contribution >= 4 is 41.1 Å². The van der Waals surface area contributed by atoms with Crippen LogP contribution in [0.4, 0.5) is 4.79 Å². The first-order valence-corrected chi connectivity index (χ1v) is 12.0. The number of methoxy groups -OCH3 is 1. The molecule has 4 amide bonds. The number of urea groups is 1. The van der Waals surface area contributed by atoms with Gasteiger partial charge in [-0.3, -0.25) is 19.9 Å². The second-order valence-corrected chi connectivity index (χ2v) is 9.65. The first-order chi connectivity index (χ1) is 18.3. The quantitative estimate of drug-likeness (QED) is 0.492. The maximum Gasteiger partial charge on any atom is 0.322 e. The molecule has 1 saturated heterocycles. The number of imide groups is 1. The lowest BCUT2D eigenvalue weighted by atomic mass is 9.95. The van der Waals surface area contributed by atoms with Crippen LogP contribution in [0.3, 0.4) is 0 Å². The van der Waals surface area contributed by atoms with Crippen LogP contribution in [0, 0.1) is 0 Å². The number of aliphatic imine (C=N–C) groups is 2. The van der Waals surface area contributed by atoms with Crippen LogP contribution in [0.1, 0.15) is 33.3 Å². The minimum absolute atomic E-state index is 0.109. The maximum absolute atomic E-state index is 13.2. The number of furan rings is 1. The van der Waals surface area contributed by atoms with Gasteiger partial charge >= 0.3 is 6.03 Å². The Morgan fingerprint density at radius 3 is 2.71 bits per heavy atom. The van der Waals surface area contributed by atoms with E-state index in [9.17, 15) is 14.4 Å². The Bertz CT molecular complexity index is 1560. The van der Waals surface area contributed by atoms with Crippen LogP contribution in [-0.4, -0.2) is 79.1 Å². The molecule has 3 aliphatic heterocycles. The average Bonchev–Trinajstić information content (AvgIpc) is 3.57. The van der Waals surface area contributed by atoms with Crippen LogP contribution in [0.2, 0.25) is 0 Å². The number of ether oxygens (including phenoxy) is 1. The molecule has 3 aliphatic rings. The Kier molecular flexibility index (Phi) is 5.40. The van der Waals surface area contributed by atoms with Crippen molar-refractivity contribution in [3.8, 4) is 5.75 Å². The first-order valence-electron chi connectivity index (χ1n) is 12.0. The molecule has 38 heavy (non-hydrogen) atoms. The molecular formula is C26H25N7O5. The summed E-state index contributed by atoms with van der Waals surface area (Å²) in [5.41, 5.74) is 1.40. The lowest BCUT2D eigenvalue weighted by Gasteiger charge is -2.28. The Balaban J connectivity index is 1.32. The monoisotopic (exact) mass is 515 g/mol. The molecule has 2 N–H and O–H groups in total. The molecule has 194 valence electrons. The topological polar surface area (TPSA) is 142 Å². The molecule has 0 radical (unpaired) electrons. The Labute approximate surface area is 217 Å². The van der Waals surface area contributed by atoms with Gasteiger partial charge in [-0.05, 0) is 29.8 Å². The van der Waals surface area contributed by atoms with Crippen molar-refractivity contribution in [1.82, 2.24) is 25.4 Å². The molecular weight excluding hydrogens is 490 g/mol. The van der Waals surface area contributed by atoms with Gasteiger partial charge in [0.2, 0.25) is 5.96 Å². The second-order valence-electron chi connectivity index (χ2n) is 9.65. The summed E-state index contributed by atoms with van der Waals surface area (Å²) in [6.45, 7) is 0.664. The minimum atomic E-state index is -1.61. The Morgan fingerprint density at radius 1 is 1.18 bits per heavy atom. The molecule has 0 bridgehead atoms. The van der Waals surface area contributed by atoms with E-state index in [0.717, 1.165) is 11.3 Å². The predicted molar refractivity (Wildman–Crippen MR) is 137 cm³/mol. The lowest BCUT2D eigenvalue weighted by Crippen LogP contribution is -2.52. The van der Waals surface area contributed by atoms with Crippen LogP contribution < -0.4 is 15.4 Å². The number of carbonyl (C=O) groups is 3. The normalized spacial score (nSPS) is 22.4. The number of fused-ring (bicyclic) bond motifs is 2. The van der Waals surface area contributed by atoms with Crippen molar-refractivity contribution in [1.29, 1.82) is 0 Å². The van der Waals surface area contributed by atoms with Crippen LogP contribution in [0.15, 0.2) is 50.8 Å². The molecule has 0 saturated carbocycles. The molecule has 6 rings (SSSR count). The molecule has 12 heteroatoms. The molecule has 1 unspecified atom stereocenters. The number of hydrogen-bond donors (Lipinski definition) is 2. The number of pyridine rings is 1. The number of nitrogens with one attached hydrogen (secondary N) is 2. The highest BCUT2D eigenvalue weighted by molar-refractivity contribution is 6.08. The van der Waals surface area contributed by atoms with Crippen LogP contribution in [-0.2, 0) is 16.9 Å². The highest BCUT2D eigenvalue weighted by Gasteiger charge is 2.53. The van der Waals surface area contributed by atoms with Crippen LogP contribution in [0.25, 0.3) is 11.1 Å². The second kappa shape index (κ2) is 8.68. The van der Waals surface area contributed by atoms with Crippen molar-refractivity contribution in [2.24, 2.45) is 9.98 Å². The number of carbonyl (C=O) groups excluding carboxylic acids is 3. The van der Waals surface area contributed by atoms with Gasteiger partial charge in [0.15, 0.2) is 11.1 Å². The molecule has 0 aliphatic carbocycles. The molecule has 12 nitrogen and oxygen atoms in total. The summed E-state index contributed by atoms with van der Waals surface area (Å²) in [6, 6.07) is 9.84. The highest BCUT2D eigenvalue weighted by atomic mass is 16.5. The van der Waals surface area contributed by atoms with E-state index in [-0.39, 0.29) is 30.7 Å². The van der Waals surface area contributed by atoms with E-state index >= 15 is 0 Å². The van der Waals surface area contributed by atoms with Gasteiger partial charge in [0, 0.05) is 38.5 Å². The van der Waals surface area contributed by atoms with Gasteiger partial charge in [0.05, 0.1) is 31.8 Å². The number of nitrogens with zero attached hydrogens (tertiary/aromatic N) is 5. The van der Waals surface area contributed by atoms with E-state index in [1.807, 2.05) is 37.3 Å². The van der Waals surface area contributed by atoms with Crippen molar-refractivity contribution in [3.63, 3.8) is 0 Å². The number of rotatable bonds is 5. The zero-order valence-corrected chi connectivity index (χ0v) is 21.0. The fraction of sp³-hybridized carbons (Fsp3) is 0.308. The fourth-order valence-corrected chi connectivity index (χ4v) is 4.94. The smallest absolute Gasteiger partial charge is 0.322 e. The maximum atomic E-state index is 13.2. The Hall–Kier alpha value is -4.74. The van der Waals surface area contributed by atoms with Crippen LogP contribution >= 0.6 is 0 Å². The zero-order valence-electron chi connectivity index (χ0n) is 21.0. The van der Waals surface area contributed by atoms with Gasteiger partial charge in [-0.15, -0.1) is 0 Å². The van der Waals surface area contributed by atoms with Crippen molar-refractivity contribution in [2.75, 3.05) is 34.3 Å². The minimum Gasteiger partial charge on any atom is -0.497 e. The molecule has 1 fully saturated rings. The number of benzene rings is 1. The average molecular weight is 516 g/mol. The zero-order chi connectivity index (χ0) is 26.6.